The first-order valence-electron chi connectivity index (χ1n) is 23.8. The van der Waals surface area contributed by atoms with E-state index in [-0.39, 0.29) is 231 Å². The van der Waals surface area contributed by atoms with Crippen molar-refractivity contribution in [2.75, 3.05) is 31.9 Å². The smallest absolute Gasteiger partial charge is 1.00 e. The molecular weight excluding hydrogens is 1360 g/mol. The molecule has 0 bridgehead atoms. The second kappa shape index (κ2) is 33.0. The summed E-state index contributed by atoms with van der Waals surface area (Å²) in [6.07, 6.45) is 0.583. The summed E-state index contributed by atoms with van der Waals surface area (Å²) >= 11 is 0. The number of rotatable bonds is 18. The van der Waals surface area contributed by atoms with Crippen LogP contribution < -0.4 is 209 Å². The molecule has 0 unspecified atom stereocenters. The summed E-state index contributed by atoms with van der Waals surface area (Å²) in [6.45, 7) is 3.48. The van der Waals surface area contributed by atoms with E-state index in [0.29, 0.717) is 59.6 Å². The number of anilines is 8. The Hall–Kier alpha value is -2.45. The number of carbonyl (C=O) groups excluding carboxylic acids is 3. The summed E-state index contributed by atoms with van der Waals surface area (Å²) < 4.78 is 207. The van der Waals surface area contributed by atoms with Crippen LogP contribution in [0.25, 0.3) is 21.5 Å². The van der Waals surface area contributed by atoms with E-state index in [1.165, 1.54) is 84.9 Å². The maximum Gasteiger partial charge on any atom is 1.00 e. The third kappa shape index (κ3) is 20.3. The molecule has 39 heteroatoms. The van der Waals surface area contributed by atoms with Gasteiger partial charge in [0.15, 0.2) is 0 Å². The average molecular weight is 1410 g/mol. The Morgan fingerprint density at radius 2 is 0.678 bits per heavy atom. The van der Waals surface area contributed by atoms with Crippen molar-refractivity contribution < 1.29 is 278 Å². The van der Waals surface area contributed by atoms with Crippen LogP contribution in [0, 0.1) is 0 Å². The molecule has 0 spiro atoms. The minimum atomic E-state index is -5.33. The van der Waals surface area contributed by atoms with Crippen molar-refractivity contribution in [1.82, 2.24) is 0 Å². The van der Waals surface area contributed by atoms with Crippen LogP contribution in [-0.4, -0.2) is 95.7 Å². The van der Waals surface area contributed by atoms with E-state index >= 15 is 0 Å². The Bertz CT molecular complexity index is 4590. The Morgan fingerprint density at radius 3 is 0.978 bits per heavy atom. The van der Waals surface area contributed by atoms with Gasteiger partial charge in [-0.15, -0.1) is 0 Å². The SMILES string of the molecule is CCc1cc(Nc2ccc(S(=O)(=O)O)c3cc(S(=O)(=O)O)cc(S(=O)(=O)O)c23)ccc1NC(=O)c1cccc(NC(=O)Nc2cccc(C(=O)Nc3ccc(Nc4ccc(S(=O)(=O)O)c5cc(S(=O)(=O)O)cc(S(=O)(=O)O)c45)cc3CC)c2)c1.[H-].[H-].[H-].[H-].[H-].[H-].[Na+].[Na+].[Na+].[Na+].[Na+].[Na+]. The topological polar surface area (TPSA) is 450 Å². The van der Waals surface area contributed by atoms with Gasteiger partial charge in [-0.2, -0.15) is 50.5 Å². The minimum Gasteiger partial charge on any atom is -1.00 e. The Kier molecular flexibility index (Phi) is 30.7. The molecule has 90 heavy (non-hydrogen) atoms. The number of amides is 4. The van der Waals surface area contributed by atoms with Crippen LogP contribution in [0.1, 0.15) is 54.3 Å². The van der Waals surface area contributed by atoms with E-state index in [4.69, 9.17) is 0 Å². The third-order valence-electron chi connectivity index (χ3n) is 12.5. The third-order valence-corrected chi connectivity index (χ3v) is 17.8. The molecule has 0 fully saturated rings. The maximum absolute atomic E-state index is 13.6. The molecule has 0 aliphatic rings. The normalized spacial score (nSPS) is 11.6. The fourth-order valence-electron chi connectivity index (χ4n) is 8.79. The summed E-state index contributed by atoms with van der Waals surface area (Å²) in [5.74, 6) is -1.25. The van der Waals surface area contributed by atoms with Crippen LogP contribution in [0.2, 0.25) is 0 Å². The molecule has 27 nitrogen and oxygen atoms in total. The van der Waals surface area contributed by atoms with Crippen molar-refractivity contribution in [2.45, 2.75) is 56.1 Å². The van der Waals surface area contributed by atoms with Crippen molar-refractivity contribution in [3.05, 3.63) is 156 Å². The Morgan fingerprint density at radius 1 is 0.356 bits per heavy atom. The van der Waals surface area contributed by atoms with Gasteiger partial charge in [-0.25, -0.2) is 4.79 Å². The number of nitrogens with one attached hydrogen (secondary N) is 6. The minimum absolute atomic E-state index is 0. The van der Waals surface area contributed by atoms with E-state index in [1.54, 1.807) is 13.8 Å². The van der Waals surface area contributed by atoms with Gasteiger partial charge in [0.05, 0.1) is 9.79 Å². The van der Waals surface area contributed by atoms with E-state index in [1.807, 2.05) is 0 Å². The van der Waals surface area contributed by atoms with E-state index in [2.05, 4.69) is 31.9 Å². The number of aryl methyl sites for hydroxylation is 2. The molecule has 0 aromatic heterocycles. The largest absolute Gasteiger partial charge is 1.00 e. The molecule has 0 atom stereocenters. The van der Waals surface area contributed by atoms with Gasteiger partial charge in [0.2, 0.25) is 0 Å². The standard InChI is InChI=1S/C51H44N6O21S6.6Na.6H/c1-3-27-19-33(52-41-15-17-43(81(67,68)69)37-23-35(79(61,62)63)25-45(47(37)41)83(73,74)75)11-13-39(27)56-49(58)29-7-5-9-31(21-29)54-51(60)55-32-10-6-8-30(22-32)50(59)57-40-14-12-34(20-28(40)4-2)53-42-16-18-44(82(70,71)72)38-24-36(80(64,65)66)26-46(48(38)42)84(76,77)78;;;;;;;;;;;;/h5-26,52-53H,3-4H2,1-2H3,(H,56,58)(H,57,59)(H2,54,55,60)(H,61,62,63)(H,64,65,66)(H,67,68,69)(H,70,71,72)(H,73,74,75)(H,76,77,78);;;;;;;;;;;;/q;6*+1;6*-1. The fraction of sp³-hybridized carbons (Fsp3) is 0.0784. The van der Waals surface area contributed by atoms with Crippen molar-refractivity contribution >= 4 is 146 Å². The predicted octanol–water partition coefficient (Wildman–Crippen LogP) is -9.07. The number of hydrogen-bond acceptors (Lipinski definition) is 17. The second-order valence-corrected chi connectivity index (χ2v) is 26.5. The van der Waals surface area contributed by atoms with E-state index in [9.17, 15) is 92.2 Å². The molecule has 12 N–H and O–H groups in total. The maximum atomic E-state index is 13.6. The van der Waals surface area contributed by atoms with Crippen LogP contribution in [0.15, 0.2) is 163 Å². The molecule has 0 saturated heterocycles. The molecule has 4 amide bonds. The van der Waals surface area contributed by atoms with Gasteiger partial charge in [-0.3, -0.25) is 36.9 Å². The first-order valence-corrected chi connectivity index (χ1v) is 32.4. The van der Waals surface area contributed by atoms with Gasteiger partial charge in [-0.05, 0) is 145 Å². The van der Waals surface area contributed by atoms with Gasteiger partial charge in [-0.1, -0.05) is 26.0 Å². The molecule has 8 aromatic rings. The number of fused-ring (bicyclic) bond motifs is 2. The van der Waals surface area contributed by atoms with Crippen molar-refractivity contribution in [3.8, 4) is 0 Å². The van der Waals surface area contributed by atoms with Crippen LogP contribution >= 0.6 is 0 Å². The van der Waals surface area contributed by atoms with Crippen LogP contribution in [0.5, 0.6) is 0 Å². The molecule has 0 saturated carbocycles. The van der Waals surface area contributed by atoms with Crippen LogP contribution in [0.4, 0.5) is 50.3 Å². The van der Waals surface area contributed by atoms with Crippen molar-refractivity contribution in [1.29, 1.82) is 0 Å². The number of carbonyl (C=O) groups is 3. The van der Waals surface area contributed by atoms with E-state index in [0.717, 1.165) is 24.3 Å². The summed E-state index contributed by atoms with van der Waals surface area (Å²) in [7, 11) is -31.3. The summed E-state index contributed by atoms with van der Waals surface area (Å²) in [4.78, 5) is 34.2. The zero-order chi connectivity index (χ0) is 61.6. The molecule has 452 valence electrons. The second-order valence-electron chi connectivity index (χ2n) is 18.1. The average Bonchev–Trinajstić information content (AvgIpc) is 0.760. The molecule has 0 aliphatic heterocycles. The molecular formula is C51H50N6Na6O21S6. The Balaban J connectivity index is -0.00000230. The summed E-state index contributed by atoms with van der Waals surface area (Å²) in [5, 5.41) is 14.0. The quantitative estimate of drug-likeness (QED) is 0.0280. The first-order chi connectivity index (χ1) is 39.0. The van der Waals surface area contributed by atoms with Gasteiger partial charge in [0.25, 0.3) is 72.5 Å². The number of urea groups is 1. The number of hydrogen-bond donors (Lipinski definition) is 12. The molecule has 0 heterocycles. The van der Waals surface area contributed by atoms with Crippen molar-refractivity contribution in [3.63, 3.8) is 0 Å². The molecule has 8 rings (SSSR count). The summed E-state index contributed by atoms with van der Waals surface area (Å²) in [6, 6.07) is 25.5. The summed E-state index contributed by atoms with van der Waals surface area (Å²) in [5.41, 5.74) is 2.18. The zero-order valence-corrected chi connectivity index (χ0v) is 65.8. The Labute approximate surface area is 658 Å². The monoisotopic (exact) mass is 1410 g/mol. The fourth-order valence-corrected chi connectivity index (χ4v) is 12.9. The van der Waals surface area contributed by atoms with Gasteiger partial charge in [0.1, 0.15) is 19.6 Å². The van der Waals surface area contributed by atoms with Gasteiger partial charge in [0, 0.05) is 78.2 Å². The van der Waals surface area contributed by atoms with Gasteiger partial charge < -0.3 is 40.5 Å². The van der Waals surface area contributed by atoms with Crippen LogP contribution in [0.3, 0.4) is 0 Å². The molecule has 0 radical (unpaired) electrons. The first kappa shape index (κ1) is 83.6. The molecule has 8 aromatic carbocycles. The zero-order valence-electron chi connectivity index (χ0n) is 54.9. The van der Waals surface area contributed by atoms with Gasteiger partial charge >= 0.3 is 183 Å². The van der Waals surface area contributed by atoms with E-state index < -0.39 is 129 Å². The predicted molar refractivity (Wildman–Crippen MR) is 313 cm³/mol. The number of benzene rings is 8. The van der Waals surface area contributed by atoms with Crippen molar-refractivity contribution in [2.24, 2.45) is 0 Å². The van der Waals surface area contributed by atoms with Crippen LogP contribution in [-0.2, 0) is 73.6 Å². The molecule has 0 aliphatic carbocycles.